The van der Waals surface area contributed by atoms with Gasteiger partial charge in [0.15, 0.2) is 11.5 Å². The monoisotopic (exact) mass is 438 g/mol. The molecule has 0 radical (unpaired) electrons. The predicted octanol–water partition coefficient (Wildman–Crippen LogP) is 5.48. The number of aromatic nitrogens is 4. The Labute approximate surface area is 190 Å². The van der Waals surface area contributed by atoms with Crippen LogP contribution in [-0.2, 0) is 0 Å². The smallest absolute Gasteiger partial charge is 0.240 e. The molecule has 0 spiro atoms. The average molecular weight is 438 g/mol. The van der Waals surface area contributed by atoms with Crippen molar-refractivity contribution >= 4 is 16.8 Å². The minimum Gasteiger partial charge on any atom is -0.503 e. The zero-order chi connectivity index (χ0) is 22.9. The standard InChI is InChI=1S/C26H22N4O3/c1-2-5-22(31)23-24(17-9-7-16(8-10-17)19-6-3-4-13-27-19)30(26(33)25(23)32)18-11-12-20-21(14-18)29-15-28-20/h3-4,6-15,32-33H,2,5H2,1H3,(H,28,29). The molecule has 0 saturated heterocycles. The number of aromatic hydroxyl groups is 2. The van der Waals surface area contributed by atoms with Crippen molar-refractivity contribution in [1.29, 1.82) is 0 Å². The minimum atomic E-state index is -0.415. The summed E-state index contributed by atoms with van der Waals surface area (Å²) in [5, 5.41) is 21.7. The van der Waals surface area contributed by atoms with Crippen molar-refractivity contribution in [3.05, 3.63) is 78.8 Å². The van der Waals surface area contributed by atoms with Gasteiger partial charge in [0.05, 0.1) is 40.0 Å². The van der Waals surface area contributed by atoms with Crippen molar-refractivity contribution in [1.82, 2.24) is 19.5 Å². The van der Waals surface area contributed by atoms with Gasteiger partial charge in [-0.15, -0.1) is 0 Å². The Kier molecular flexibility index (Phi) is 5.14. The number of ketones is 1. The molecule has 0 atom stereocenters. The van der Waals surface area contributed by atoms with Crippen LogP contribution in [0.1, 0.15) is 30.1 Å². The molecule has 7 nitrogen and oxygen atoms in total. The van der Waals surface area contributed by atoms with E-state index >= 15 is 0 Å². The molecular formula is C26H22N4O3. The van der Waals surface area contributed by atoms with Gasteiger partial charge < -0.3 is 15.2 Å². The molecule has 0 aliphatic rings. The molecule has 164 valence electrons. The molecule has 0 amide bonds. The first-order chi connectivity index (χ1) is 16.1. The summed E-state index contributed by atoms with van der Waals surface area (Å²) in [6.07, 6.45) is 4.21. The quantitative estimate of drug-likeness (QED) is 0.305. The SMILES string of the molecule is CCCC(=O)c1c(O)c(O)n(-c2ccc3nc[nH]c3c2)c1-c1ccc(-c2ccccn2)cc1. The third kappa shape index (κ3) is 3.53. The molecule has 2 aromatic carbocycles. The highest BCUT2D eigenvalue weighted by molar-refractivity contribution is 6.06. The van der Waals surface area contributed by atoms with Crippen LogP contribution in [0.2, 0.25) is 0 Å². The Hall–Kier alpha value is -4.39. The normalized spacial score (nSPS) is 11.2. The number of carbonyl (C=O) groups is 1. The molecule has 33 heavy (non-hydrogen) atoms. The van der Waals surface area contributed by atoms with E-state index in [9.17, 15) is 15.0 Å². The third-order valence-electron chi connectivity index (χ3n) is 5.66. The van der Waals surface area contributed by atoms with Crippen molar-refractivity contribution in [2.45, 2.75) is 19.8 Å². The van der Waals surface area contributed by atoms with Crippen LogP contribution in [0.15, 0.2) is 73.2 Å². The molecule has 5 rings (SSSR count). The number of benzene rings is 2. The maximum atomic E-state index is 13.0. The summed E-state index contributed by atoms with van der Waals surface area (Å²) in [4.78, 5) is 24.7. The maximum absolute atomic E-state index is 13.0. The summed E-state index contributed by atoms with van der Waals surface area (Å²) in [5.74, 6) is -1.02. The van der Waals surface area contributed by atoms with Crippen molar-refractivity contribution < 1.29 is 15.0 Å². The largest absolute Gasteiger partial charge is 0.503 e. The number of Topliss-reactive ketones (excluding diaryl/α,β-unsaturated/α-hetero) is 1. The van der Waals surface area contributed by atoms with Gasteiger partial charge in [0.2, 0.25) is 5.88 Å². The lowest BCUT2D eigenvalue weighted by Crippen LogP contribution is -2.03. The highest BCUT2D eigenvalue weighted by Crippen LogP contribution is 2.44. The molecule has 0 aliphatic heterocycles. The van der Waals surface area contributed by atoms with E-state index in [-0.39, 0.29) is 23.6 Å². The van der Waals surface area contributed by atoms with E-state index in [0.29, 0.717) is 23.4 Å². The maximum Gasteiger partial charge on any atom is 0.240 e. The summed E-state index contributed by atoms with van der Waals surface area (Å²) < 4.78 is 1.51. The van der Waals surface area contributed by atoms with E-state index in [1.807, 2.05) is 61.5 Å². The molecule has 0 aliphatic carbocycles. The van der Waals surface area contributed by atoms with Crippen molar-refractivity contribution in [2.75, 3.05) is 0 Å². The number of hydrogen-bond donors (Lipinski definition) is 3. The fourth-order valence-electron chi connectivity index (χ4n) is 4.08. The first kappa shape index (κ1) is 20.5. The number of hydrogen-bond acceptors (Lipinski definition) is 5. The van der Waals surface area contributed by atoms with Gasteiger partial charge in [0, 0.05) is 18.2 Å². The van der Waals surface area contributed by atoms with Crippen LogP contribution in [-0.4, -0.2) is 35.5 Å². The number of pyridine rings is 1. The molecule has 7 heteroatoms. The van der Waals surface area contributed by atoms with E-state index in [1.54, 1.807) is 18.6 Å². The van der Waals surface area contributed by atoms with E-state index in [0.717, 1.165) is 22.3 Å². The van der Waals surface area contributed by atoms with Gasteiger partial charge in [-0.1, -0.05) is 37.3 Å². The second-order valence-corrected chi connectivity index (χ2v) is 7.80. The minimum absolute atomic E-state index is 0.115. The molecule has 5 aromatic rings. The highest BCUT2D eigenvalue weighted by Gasteiger charge is 2.28. The van der Waals surface area contributed by atoms with Crippen LogP contribution in [0, 0.1) is 0 Å². The zero-order valence-corrected chi connectivity index (χ0v) is 18.0. The second kappa shape index (κ2) is 8.27. The van der Waals surface area contributed by atoms with E-state index in [2.05, 4.69) is 15.0 Å². The Morgan fingerprint density at radius 1 is 1.00 bits per heavy atom. The molecule has 3 N–H and O–H groups in total. The summed E-state index contributed by atoms with van der Waals surface area (Å²) in [7, 11) is 0. The lowest BCUT2D eigenvalue weighted by molar-refractivity contribution is 0.0979. The number of imidazole rings is 1. The van der Waals surface area contributed by atoms with E-state index in [4.69, 9.17) is 0 Å². The number of rotatable bonds is 6. The van der Waals surface area contributed by atoms with E-state index < -0.39 is 5.75 Å². The van der Waals surface area contributed by atoms with Gasteiger partial charge in [-0.05, 0) is 42.3 Å². The predicted molar refractivity (Wildman–Crippen MR) is 127 cm³/mol. The van der Waals surface area contributed by atoms with Crippen LogP contribution >= 0.6 is 0 Å². The van der Waals surface area contributed by atoms with Gasteiger partial charge in [-0.3, -0.25) is 14.3 Å². The van der Waals surface area contributed by atoms with Crippen LogP contribution in [0.5, 0.6) is 11.6 Å². The van der Waals surface area contributed by atoms with Crippen LogP contribution in [0.25, 0.3) is 39.2 Å². The number of fused-ring (bicyclic) bond motifs is 1. The molecule has 0 bridgehead atoms. The lowest BCUT2D eigenvalue weighted by Gasteiger charge is -2.13. The fraction of sp³-hybridized carbons (Fsp3) is 0.115. The van der Waals surface area contributed by atoms with Crippen LogP contribution < -0.4 is 0 Å². The fourth-order valence-corrected chi connectivity index (χ4v) is 4.08. The Morgan fingerprint density at radius 3 is 2.52 bits per heavy atom. The van der Waals surface area contributed by atoms with Crippen molar-refractivity contribution in [2.24, 2.45) is 0 Å². The van der Waals surface area contributed by atoms with Gasteiger partial charge in [-0.2, -0.15) is 0 Å². The van der Waals surface area contributed by atoms with Gasteiger partial charge >= 0.3 is 0 Å². The van der Waals surface area contributed by atoms with E-state index in [1.165, 1.54) is 4.57 Å². The third-order valence-corrected chi connectivity index (χ3v) is 5.66. The molecule has 3 aromatic heterocycles. The van der Waals surface area contributed by atoms with Crippen LogP contribution in [0.4, 0.5) is 0 Å². The topological polar surface area (TPSA) is 104 Å². The summed E-state index contributed by atoms with van der Waals surface area (Å²) in [6.45, 7) is 1.90. The number of aromatic amines is 1. The molecule has 0 saturated carbocycles. The number of nitrogens with one attached hydrogen (secondary N) is 1. The summed E-state index contributed by atoms with van der Waals surface area (Å²) in [6, 6.07) is 18.7. The van der Waals surface area contributed by atoms with Crippen molar-refractivity contribution in [3.63, 3.8) is 0 Å². The molecule has 3 heterocycles. The van der Waals surface area contributed by atoms with Crippen LogP contribution in [0.3, 0.4) is 0 Å². The van der Waals surface area contributed by atoms with Crippen molar-refractivity contribution in [3.8, 4) is 39.8 Å². The zero-order valence-electron chi connectivity index (χ0n) is 18.0. The Morgan fingerprint density at radius 2 is 1.79 bits per heavy atom. The molecular weight excluding hydrogens is 416 g/mol. The summed E-state index contributed by atoms with van der Waals surface area (Å²) >= 11 is 0. The summed E-state index contributed by atoms with van der Waals surface area (Å²) in [5.41, 5.74) is 5.15. The average Bonchev–Trinajstić information content (AvgIpc) is 3.42. The second-order valence-electron chi connectivity index (χ2n) is 7.80. The Balaban J connectivity index is 1.72. The number of nitrogens with zero attached hydrogens (tertiary/aromatic N) is 3. The first-order valence-electron chi connectivity index (χ1n) is 10.7. The lowest BCUT2D eigenvalue weighted by atomic mass is 10.00. The number of H-pyrrole nitrogens is 1. The number of carbonyl (C=O) groups excluding carboxylic acids is 1. The molecule has 0 fully saturated rings. The van der Waals surface area contributed by atoms with Gasteiger partial charge in [-0.25, -0.2) is 4.98 Å². The van der Waals surface area contributed by atoms with Gasteiger partial charge in [0.1, 0.15) is 0 Å². The first-order valence-corrected chi connectivity index (χ1v) is 10.7. The van der Waals surface area contributed by atoms with Gasteiger partial charge in [0.25, 0.3) is 0 Å². The highest BCUT2D eigenvalue weighted by atomic mass is 16.3. The Bertz CT molecular complexity index is 1450. The molecule has 0 unspecified atom stereocenters.